The molecule has 0 amide bonds. The lowest BCUT2D eigenvalue weighted by Gasteiger charge is -2.25. The molecule has 1 heterocycles. The van der Waals surface area contributed by atoms with Gasteiger partial charge in [0, 0.05) is 11.1 Å². The van der Waals surface area contributed by atoms with Gasteiger partial charge in [-0.25, -0.2) is 4.98 Å². The summed E-state index contributed by atoms with van der Waals surface area (Å²) in [6.07, 6.45) is 0. The number of halogens is 1. The molecular weight excluding hydrogens is 200 g/mol. The van der Waals surface area contributed by atoms with Gasteiger partial charge in [0.1, 0.15) is 5.15 Å². The van der Waals surface area contributed by atoms with Gasteiger partial charge < -0.3 is 10.1 Å². The van der Waals surface area contributed by atoms with Crippen LogP contribution in [-0.4, -0.2) is 19.1 Å². The van der Waals surface area contributed by atoms with Crippen molar-refractivity contribution in [3.05, 3.63) is 22.8 Å². The molecule has 0 bridgehead atoms. The molecule has 0 saturated carbocycles. The molecule has 78 valence electrons. The minimum atomic E-state index is -0.178. The lowest BCUT2D eigenvalue weighted by atomic mass is 9.96. The minimum absolute atomic E-state index is 0.178. The van der Waals surface area contributed by atoms with E-state index in [0.29, 0.717) is 11.0 Å². The third-order valence-electron chi connectivity index (χ3n) is 2.32. The number of hydrogen-bond acceptors (Lipinski definition) is 3. The van der Waals surface area contributed by atoms with Crippen molar-refractivity contribution in [3.8, 4) is 5.88 Å². The molecule has 1 aromatic rings. The highest BCUT2D eigenvalue weighted by Crippen LogP contribution is 2.28. The van der Waals surface area contributed by atoms with Gasteiger partial charge >= 0.3 is 0 Å². The van der Waals surface area contributed by atoms with E-state index in [1.807, 2.05) is 13.1 Å². The van der Waals surface area contributed by atoms with Crippen LogP contribution in [0.5, 0.6) is 5.88 Å². The molecule has 0 atom stereocenters. The average molecular weight is 215 g/mol. The molecule has 0 aliphatic rings. The summed E-state index contributed by atoms with van der Waals surface area (Å²) in [6, 6.07) is 3.68. The van der Waals surface area contributed by atoms with Crippen LogP contribution < -0.4 is 10.1 Å². The van der Waals surface area contributed by atoms with E-state index >= 15 is 0 Å². The summed E-state index contributed by atoms with van der Waals surface area (Å²) in [5.41, 5.74) is 0.815. The highest BCUT2D eigenvalue weighted by Gasteiger charge is 2.23. The van der Waals surface area contributed by atoms with Crippen molar-refractivity contribution in [3.63, 3.8) is 0 Å². The smallest absolute Gasteiger partial charge is 0.219 e. The maximum absolute atomic E-state index is 5.78. The van der Waals surface area contributed by atoms with Crippen LogP contribution in [0.15, 0.2) is 12.1 Å². The second-order valence-electron chi connectivity index (χ2n) is 3.57. The first kappa shape index (κ1) is 11.3. The van der Waals surface area contributed by atoms with Gasteiger partial charge in [0.2, 0.25) is 5.88 Å². The van der Waals surface area contributed by atoms with Crippen LogP contribution in [0.2, 0.25) is 5.15 Å². The molecule has 1 aromatic heterocycles. The molecule has 0 saturated heterocycles. The van der Waals surface area contributed by atoms with Crippen molar-refractivity contribution in [2.75, 3.05) is 14.2 Å². The SMILES string of the molecule is CNC(C)(C)c1ccc(Cl)nc1OC. The van der Waals surface area contributed by atoms with Gasteiger partial charge in [-0.3, -0.25) is 0 Å². The van der Waals surface area contributed by atoms with Crippen molar-refractivity contribution < 1.29 is 4.74 Å². The van der Waals surface area contributed by atoms with E-state index in [1.54, 1.807) is 13.2 Å². The summed E-state index contributed by atoms with van der Waals surface area (Å²) in [5.74, 6) is 0.567. The van der Waals surface area contributed by atoms with Crippen LogP contribution in [0, 0.1) is 0 Å². The van der Waals surface area contributed by atoms with E-state index < -0.39 is 0 Å². The minimum Gasteiger partial charge on any atom is -0.481 e. The summed E-state index contributed by atoms with van der Waals surface area (Å²) >= 11 is 5.78. The summed E-state index contributed by atoms with van der Waals surface area (Å²) in [6.45, 7) is 4.11. The number of aromatic nitrogens is 1. The quantitative estimate of drug-likeness (QED) is 0.784. The number of nitrogens with zero attached hydrogens (tertiary/aromatic N) is 1. The van der Waals surface area contributed by atoms with Crippen LogP contribution in [0.3, 0.4) is 0 Å². The Morgan fingerprint density at radius 2 is 2.07 bits per heavy atom. The topological polar surface area (TPSA) is 34.2 Å². The Labute approximate surface area is 89.4 Å². The zero-order chi connectivity index (χ0) is 10.8. The Kier molecular flexibility index (Phi) is 3.34. The molecule has 0 unspecified atom stereocenters. The van der Waals surface area contributed by atoms with Gasteiger partial charge in [-0.05, 0) is 33.0 Å². The molecule has 0 fully saturated rings. The highest BCUT2D eigenvalue weighted by atomic mass is 35.5. The lowest BCUT2D eigenvalue weighted by molar-refractivity contribution is 0.361. The molecule has 14 heavy (non-hydrogen) atoms. The molecule has 0 aromatic carbocycles. The van der Waals surface area contributed by atoms with Gasteiger partial charge in [0.05, 0.1) is 7.11 Å². The molecular formula is C10H15ClN2O. The number of rotatable bonds is 3. The van der Waals surface area contributed by atoms with Crippen molar-refractivity contribution in [1.29, 1.82) is 0 Å². The van der Waals surface area contributed by atoms with Crippen molar-refractivity contribution in [2.24, 2.45) is 0 Å². The lowest BCUT2D eigenvalue weighted by Crippen LogP contribution is -2.33. The zero-order valence-electron chi connectivity index (χ0n) is 8.89. The van der Waals surface area contributed by atoms with Crippen LogP contribution in [0.25, 0.3) is 0 Å². The number of nitrogens with one attached hydrogen (secondary N) is 1. The monoisotopic (exact) mass is 214 g/mol. The van der Waals surface area contributed by atoms with E-state index in [9.17, 15) is 0 Å². The molecule has 0 aliphatic heterocycles. The number of hydrogen-bond donors (Lipinski definition) is 1. The Morgan fingerprint density at radius 3 is 2.57 bits per heavy atom. The largest absolute Gasteiger partial charge is 0.481 e. The zero-order valence-corrected chi connectivity index (χ0v) is 9.64. The number of ether oxygens (including phenoxy) is 1. The fourth-order valence-corrected chi connectivity index (χ4v) is 1.32. The van der Waals surface area contributed by atoms with Gasteiger partial charge in [0.25, 0.3) is 0 Å². The summed E-state index contributed by atoms with van der Waals surface area (Å²) in [5, 5.41) is 3.63. The summed E-state index contributed by atoms with van der Waals surface area (Å²) in [7, 11) is 3.49. The summed E-state index contributed by atoms with van der Waals surface area (Å²) in [4.78, 5) is 4.11. The Hall–Kier alpha value is -0.800. The number of methoxy groups -OCH3 is 1. The maximum atomic E-state index is 5.78. The highest BCUT2D eigenvalue weighted by molar-refractivity contribution is 6.29. The van der Waals surface area contributed by atoms with Gasteiger partial charge in [-0.1, -0.05) is 11.6 Å². The maximum Gasteiger partial charge on any atom is 0.219 e. The van der Waals surface area contributed by atoms with Crippen molar-refractivity contribution >= 4 is 11.6 Å². The van der Waals surface area contributed by atoms with Crippen LogP contribution >= 0.6 is 11.6 Å². The van der Waals surface area contributed by atoms with E-state index in [2.05, 4.69) is 24.1 Å². The Bertz CT molecular complexity index is 326. The third-order valence-corrected chi connectivity index (χ3v) is 2.53. The Morgan fingerprint density at radius 1 is 1.43 bits per heavy atom. The first-order valence-electron chi connectivity index (χ1n) is 4.41. The molecule has 0 spiro atoms. The van der Waals surface area contributed by atoms with Crippen LogP contribution in [0.4, 0.5) is 0 Å². The van der Waals surface area contributed by atoms with Gasteiger partial charge in [-0.15, -0.1) is 0 Å². The molecule has 0 radical (unpaired) electrons. The normalized spacial score (nSPS) is 11.5. The van der Waals surface area contributed by atoms with Gasteiger partial charge in [0.15, 0.2) is 0 Å². The second-order valence-corrected chi connectivity index (χ2v) is 3.95. The van der Waals surface area contributed by atoms with Crippen LogP contribution in [-0.2, 0) is 5.54 Å². The van der Waals surface area contributed by atoms with Crippen molar-refractivity contribution in [1.82, 2.24) is 10.3 Å². The molecule has 1 N–H and O–H groups in total. The fourth-order valence-electron chi connectivity index (χ4n) is 1.18. The molecule has 4 heteroatoms. The standard InChI is InChI=1S/C10H15ClN2O/c1-10(2,12-3)7-5-6-8(11)13-9(7)14-4/h5-6,12H,1-4H3. The second kappa shape index (κ2) is 4.15. The van der Waals surface area contributed by atoms with Crippen molar-refractivity contribution in [2.45, 2.75) is 19.4 Å². The predicted molar refractivity (Wildman–Crippen MR) is 57.9 cm³/mol. The average Bonchev–Trinajstić information content (AvgIpc) is 2.17. The predicted octanol–water partition coefficient (Wildman–Crippen LogP) is 2.20. The van der Waals surface area contributed by atoms with E-state index in [4.69, 9.17) is 16.3 Å². The molecule has 0 aliphatic carbocycles. The van der Waals surface area contributed by atoms with E-state index in [1.165, 1.54) is 0 Å². The first-order chi connectivity index (χ1) is 6.51. The third kappa shape index (κ3) is 2.16. The first-order valence-corrected chi connectivity index (χ1v) is 4.79. The van der Waals surface area contributed by atoms with E-state index in [0.717, 1.165) is 5.56 Å². The van der Waals surface area contributed by atoms with Crippen LogP contribution in [0.1, 0.15) is 19.4 Å². The Balaban J connectivity index is 3.20. The fraction of sp³-hybridized carbons (Fsp3) is 0.500. The number of pyridine rings is 1. The summed E-state index contributed by atoms with van der Waals surface area (Å²) < 4.78 is 5.18. The molecule has 1 rings (SSSR count). The van der Waals surface area contributed by atoms with Gasteiger partial charge in [-0.2, -0.15) is 0 Å². The van der Waals surface area contributed by atoms with E-state index in [-0.39, 0.29) is 5.54 Å². The molecule has 3 nitrogen and oxygen atoms in total.